The fourth-order valence-electron chi connectivity index (χ4n) is 6.95. The highest BCUT2D eigenvalue weighted by Crippen LogP contribution is 2.43. The molecule has 0 saturated carbocycles. The van der Waals surface area contributed by atoms with Gasteiger partial charge in [0.05, 0.1) is 28.9 Å². The number of nitro groups is 2. The summed E-state index contributed by atoms with van der Waals surface area (Å²) in [7, 11) is 0. The first kappa shape index (κ1) is 34.2. The average molecular weight is 737 g/mol. The Morgan fingerprint density at radius 1 is 0.618 bits per heavy atom. The van der Waals surface area contributed by atoms with E-state index in [9.17, 15) is 40.0 Å². The molecule has 55 heavy (non-hydrogen) atoms. The lowest BCUT2D eigenvalue weighted by Crippen LogP contribution is -2.46. The molecule has 6 aromatic carbocycles. The van der Waals surface area contributed by atoms with Crippen molar-refractivity contribution in [3.63, 3.8) is 0 Å². The van der Waals surface area contributed by atoms with Gasteiger partial charge in [-0.15, -0.1) is 0 Å². The monoisotopic (exact) mass is 736 g/mol. The minimum absolute atomic E-state index is 0.0876. The molecule has 16 nitrogen and oxygen atoms in total. The van der Waals surface area contributed by atoms with Gasteiger partial charge in [-0.05, 0) is 70.1 Å². The summed E-state index contributed by atoms with van der Waals surface area (Å²) in [5.41, 5.74) is 9.69. The van der Waals surface area contributed by atoms with Crippen molar-refractivity contribution >= 4 is 68.5 Å². The Kier molecular flexibility index (Phi) is 8.46. The number of phenols is 2. The number of carbonyl (C=O) groups is 2. The van der Waals surface area contributed by atoms with Crippen molar-refractivity contribution in [3.05, 3.63) is 151 Å². The minimum atomic E-state index is -0.590. The molecule has 0 fully saturated rings. The van der Waals surface area contributed by atoms with E-state index in [4.69, 9.17) is 0 Å². The van der Waals surface area contributed by atoms with Crippen LogP contribution in [0.4, 0.5) is 22.7 Å². The topological polar surface area (TPSA) is 216 Å². The Hall–Kier alpha value is -7.88. The molecule has 0 unspecified atom stereocenters. The van der Waals surface area contributed by atoms with Crippen LogP contribution in [0.15, 0.2) is 107 Å². The fraction of sp³-hybridized carbons (Fsp3) is 0.0769. The molecule has 8 rings (SSSR count). The zero-order valence-electron chi connectivity index (χ0n) is 28.5. The first-order valence-corrected chi connectivity index (χ1v) is 16.8. The van der Waals surface area contributed by atoms with Gasteiger partial charge in [-0.2, -0.15) is 10.2 Å². The van der Waals surface area contributed by atoms with Crippen LogP contribution in [0.2, 0.25) is 0 Å². The maximum Gasteiger partial charge on any atom is 0.271 e. The molecule has 2 aliphatic heterocycles. The van der Waals surface area contributed by atoms with E-state index < -0.39 is 21.7 Å². The van der Waals surface area contributed by atoms with Crippen LogP contribution in [-0.2, 0) is 13.1 Å². The molecule has 6 aromatic rings. The molecule has 16 heteroatoms. The first-order chi connectivity index (χ1) is 26.5. The number of nitrogens with one attached hydrogen (secondary N) is 2. The molecule has 2 amide bonds. The van der Waals surface area contributed by atoms with Crippen LogP contribution in [0.3, 0.4) is 0 Å². The van der Waals surface area contributed by atoms with Crippen molar-refractivity contribution in [1.82, 2.24) is 10.9 Å². The van der Waals surface area contributed by atoms with Crippen molar-refractivity contribution < 1.29 is 29.6 Å². The Balaban J connectivity index is 0.985. The van der Waals surface area contributed by atoms with Crippen molar-refractivity contribution in [2.75, 3.05) is 16.5 Å². The number of anilines is 2. The third kappa shape index (κ3) is 6.43. The number of phenolic OH excluding ortho intramolecular Hbond substituents is 2. The number of hydrogen-bond donors (Lipinski definition) is 4. The lowest BCUT2D eigenvalue weighted by molar-refractivity contribution is -0.385. The van der Waals surface area contributed by atoms with Gasteiger partial charge in [-0.25, -0.2) is 10.9 Å². The van der Waals surface area contributed by atoms with Crippen molar-refractivity contribution in [3.8, 4) is 11.5 Å². The van der Waals surface area contributed by atoms with Gasteiger partial charge in [0, 0.05) is 82.1 Å². The molecular formula is C39H28N8O8. The first-order valence-electron chi connectivity index (χ1n) is 16.8. The SMILES string of the molecule is O=C(N/N=C/c1cc([N+](=O)[O-])ccc1O)c1ccc2c3c(ccc2c1)N1Cc2c(ccc4cc(C(=O)N/N=C/c5cc([N+](=O)[O-])ccc5O)ccc24)N(C3)C1. The molecule has 2 bridgehead atoms. The second-order valence-electron chi connectivity index (χ2n) is 12.9. The molecule has 272 valence electrons. The Morgan fingerprint density at radius 2 is 1.05 bits per heavy atom. The highest BCUT2D eigenvalue weighted by Gasteiger charge is 2.31. The molecule has 0 radical (unpaired) electrons. The summed E-state index contributed by atoms with van der Waals surface area (Å²) in [5.74, 6) is -1.40. The number of nitro benzene ring substituents is 2. The van der Waals surface area contributed by atoms with E-state index in [2.05, 4.69) is 30.9 Å². The lowest BCUT2D eigenvalue weighted by atomic mass is 9.93. The summed E-state index contributed by atoms with van der Waals surface area (Å²) in [6.45, 7) is 1.94. The number of hydrogen-bond acceptors (Lipinski definition) is 12. The summed E-state index contributed by atoms with van der Waals surface area (Å²) in [6, 6.07) is 25.9. The largest absolute Gasteiger partial charge is 0.507 e. The van der Waals surface area contributed by atoms with Crippen LogP contribution in [-0.4, -0.2) is 51.0 Å². The normalized spacial score (nSPS) is 13.2. The number of aromatic hydroxyl groups is 2. The highest BCUT2D eigenvalue weighted by atomic mass is 16.6. The van der Waals surface area contributed by atoms with Crippen molar-refractivity contribution in [2.45, 2.75) is 13.1 Å². The van der Waals surface area contributed by atoms with Crippen LogP contribution in [0.1, 0.15) is 43.0 Å². The Morgan fingerprint density at radius 3 is 1.47 bits per heavy atom. The zero-order chi connectivity index (χ0) is 38.4. The van der Waals surface area contributed by atoms with E-state index in [0.29, 0.717) is 30.9 Å². The maximum absolute atomic E-state index is 13.0. The number of non-ortho nitro benzene ring substituents is 2. The highest BCUT2D eigenvalue weighted by molar-refractivity contribution is 6.03. The van der Waals surface area contributed by atoms with Crippen LogP contribution in [0.5, 0.6) is 11.5 Å². The predicted molar refractivity (Wildman–Crippen MR) is 205 cm³/mol. The van der Waals surface area contributed by atoms with E-state index in [0.717, 1.165) is 68.6 Å². The van der Waals surface area contributed by atoms with Gasteiger partial charge in [0.1, 0.15) is 11.5 Å². The smallest absolute Gasteiger partial charge is 0.271 e. The standard InChI is InChI=1S/C39H28N8O8/c48-36-11-5-28(46(52)53)15-26(36)17-40-42-38(50)24-1-7-30-22(13-24)3-9-34-32(30)19-44-21-45(34)20-33-31-8-2-25(14-23(31)4-10-35(33)44)39(51)43-41-18-27-16-29(47(54)55)6-12-37(27)49/h1-18,48-49H,19-21H2,(H,42,50)(H,43,51)/b40-17+,41-18+. The van der Waals surface area contributed by atoms with Crippen molar-refractivity contribution in [1.29, 1.82) is 0 Å². The molecule has 2 heterocycles. The van der Waals surface area contributed by atoms with Gasteiger partial charge >= 0.3 is 0 Å². The van der Waals surface area contributed by atoms with Gasteiger partial charge in [0.15, 0.2) is 0 Å². The summed E-state index contributed by atoms with van der Waals surface area (Å²) >= 11 is 0. The van der Waals surface area contributed by atoms with Crippen LogP contribution >= 0.6 is 0 Å². The van der Waals surface area contributed by atoms with Gasteiger partial charge in [-0.1, -0.05) is 24.3 Å². The summed E-state index contributed by atoms with van der Waals surface area (Å²) in [6.07, 6.45) is 2.29. The molecule has 0 aliphatic carbocycles. The van der Waals surface area contributed by atoms with E-state index in [-0.39, 0.29) is 34.0 Å². The number of nitrogens with zero attached hydrogens (tertiary/aromatic N) is 6. The number of fused-ring (bicyclic) bond motifs is 10. The fourth-order valence-corrected chi connectivity index (χ4v) is 6.95. The number of amides is 2. The molecular weight excluding hydrogens is 708 g/mol. The molecule has 0 atom stereocenters. The number of rotatable bonds is 8. The van der Waals surface area contributed by atoms with Gasteiger partial charge in [0.2, 0.25) is 0 Å². The lowest BCUT2D eigenvalue weighted by Gasteiger charge is -2.45. The minimum Gasteiger partial charge on any atom is -0.507 e. The van der Waals surface area contributed by atoms with Gasteiger partial charge < -0.3 is 20.0 Å². The van der Waals surface area contributed by atoms with Crippen LogP contribution < -0.4 is 20.7 Å². The predicted octanol–water partition coefficient (Wildman–Crippen LogP) is 6.05. The quantitative estimate of drug-likeness (QED) is 0.0806. The third-order valence-electron chi connectivity index (χ3n) is 9.64. The summed E-state index contributed by atoms with van der Waals surface area (Å²) < 4.78 is 0. The van der Waals surface area contributed by atoms with Crippen LogP contribution in [0.25, 0.3) is 21.5 Å². The molecule has 0 spiro atoms. The molecule has 0 aromatic heterocycles. The molecule has 0 saturated heterocycles. The third-order valence-corrected chi connectivity index (χ3v) is 9.64. The zero-order valence-corrected chi connectivity index (χ0v) is 28.5. The van der Waals surface area contributed by atoms with E-state index in [1.807, 2.05) is 36.4 Å². The average Bonchev–Trinajstić information content (AvgIpc) is 3.18. The van der Waals surface area contributed by atoms with Gasteiger partial charge in [-0.3, -0.25) is 29.8 Å². The Labute approximate surface area is 310 Å². The number of benzene rings is 6. The molecule has 4 N–H and O–H groups in total. The summed E-state index contributed by atoms with van der Waals surface area (Å²) in [4.78, 5) is 51.5. The van der Waals surface area contributed by atoms with Crippen molar-refractivity contribution in [2.24, 2.45) is 10.2 Å². The molecule has 2 aliphatic rings. The number of carbonyl (C=O) groups excluding carboxylic acids is 2. The van der Waals surface area contributed by atoms with E-state index in [1.54, 1.807) is 24.3 Å². The van der Waals surface area contributed by atoms with E-state index in [1.165, 1.54) is 24.3 Å². The van der Waals surface area contributed by atoms with E-state index >= 15 is 0 Å². The maximum atomic E-state index is 13.0. The Bertz CT molecular complexity index is 2510. The van der Waals surface area contributed by atoms with Gasteiger partial charge in [0.25, 0.3) is 23.2 Å². The van der Waals surface area contributed by atoms with Crippen LogP contribution in [0, 0.1) is 20.2 Å². The second kappa shape index (κ2) is 13.6. The second-order valence-corrected chi connectivity index (χ2v) is 12.9. The summed E-state index contributed by atoms with van der Waals surface area (Å²) in [5, 5.41) is 53.6. The number of hydrazone groups is 2.